The number of anilines is 1. The lowest BCUT2D eigenvalue weighted by Crippen LogP contribution is -2.54. The first kappa shape index (κ1) is 16.8. The normalized spacial score (nSPS) is 32.3. The molecule has 0 aliphatic heterocycles. The van der Waals surface area contributed by atoms with E-state index in [0.717, 1.165) is 70.8 Å². The van der Waals surface area contributed by atoms with E-state index in [1.165, 1.54) is 32.1 Å². The first-order valence-electron chi connectivity index (χ1n) is 10.3. The number of nitrogens with zero attached hydrogens (tertiary/aromatic N) is 1. The van der Waals surface area contributed by atoms with Gasteiger partial charge in [-0.05, 0) is 93.0 Å². The average Bonchev–Trinajstić information content (AvgIpc) is 2.62. The third kappa shape index (κ3) is 3.20. The maximum atomic E-state index is 6.07. The fourth-order valence-corrected chi connectivity index (χ4v) is 6.28. The van der Waals surface area contributed by atoms with Crippen LogP contribution in [0.25, 0.3) is 10.9 Å². The fourth-order valence-electron chi connectivity index (χ4n) is 6.11. The summed E-state index contributed by atoms with van der Waals surface area (Å²) in [5.41, 5.74) is 2.11. The molecule has 1 aromatic carbocycles. The average molecular weight is 370 g/mol. The van der Waals surface area contributed by atoms with Crippen LogP contribution in [0.1, 0.15) is 38.5 Å². The highest BCUT2D eigenvalue weighted by atomic mass is 35.5. The number of pyridine rings is 1. The van der Waals surface area contributed by atoms with Crippen molar-refractivity contribution < 1.29 is 0 Å². The van der Waals surface area contributed by atoms with E-state index in [1.807, 2.05) is 18.3 Å². The minimum absolute atomic E-state index is 0.738. The Balaban J connectivity index is 1.13. The molecule has 4 aliphatic carbocycles. The second-order valence-electron chi connectivity index (χ2n) is 8.71. The molecule has 4 heteroatoms. The molecule has 26 heavy (non-hydrogen) atoms. The summed E-state index contributed by atoms with van der Waals surface area (Å²) in [7, 11) is 0. The highest BCUT2D eigenvalue weighted by Crippen LogP contribution is 2.53. The lowest BCUT2D eigenvalue weighted by molar-refractivity contribution is -0.0134. The van der Waals surface area contributed by atoms with Gasteiger partial charge in [-0.25, -0.2) is 0 Å². The number of hydrogen-bond donors (Lipinski definition) is 2. The zero-order chi connectivity index (χ0) is 17.5. The highest BCUT2D eigenvalue weighted by molar-refractivity contribution is 6.31. The number of halogens is 1. The SMILES string of the molecule is Clc1ccc2c(NCCCNC3C4CC5CC(C4)CC3C5)ccnc2c1. The molecule has 1 heterocycles. The number of nitrogens with one attached hydrogen (secondary N) is 2. The van der Waals surface area contributed by atoms with Gasteiger partial charge in [-0.2, -0.15) is 0 Å². The van der Waals surface area contributed by atoms with E-state index in [-0.39, 0.29) is 0 Å². The standard InChI is InChI=1S/C22H28ClN3/c23-18-2-3-19-20(4-7-25-21(19)13-18)24-5-1-6-26-22-16-9-14-8-15(11-16)12-17(22)10-14/h2-4,7,13-17,22,26H,1,5-6,8-12H2,(H,24,25). The fraction of sp³-hybridized carbons (Fsp3) is 0.591. The lowest BCUT2D eigenvalue weighted by atomic mass is 9.54. The van der Waals surface area contributed by atoms with Gasteiger partial charge >= 0.3 is 0 Å². The van der Waals surface area contributed by atoms with Crippen LogP contribution in [0.5, 0.6) is 0 Å². The van der Waals surface area contributed by atoms with Crippen molar-refractivity contribution in [2.45, 2.75) is 44.6 Å². The Morgan fingerprint density at radius 3 is 2.50 bits per heavy atom. The molecule has 0 radical (unpaired) electrons. The van der Waals surface area contributed by atoms with Gasteiger partial charge in [0.1, 0.15) is 0 Å². The molecule has 0 spiro atoms. The summed E-state index contributed by atoms with van der Waals surface area (Å²) >= 11 is 6.07. The zero-order valence-corrected chi connectivity index (χ0v) is 16.0. The van der Waals surface area contributed by atoms with Crippen LogP contribution in [0.2, 0.25) is 5.02 Å². The van der Waals surface area contributed by atoms with Gasteiger partial charge in [0.25, 0.3) is 0 Å². The molecule has 6 rings (SSSR count). The summed E-state index contributed by atoms with van der Waals surface area (Å²) in [5.74, 6) is 4.05. The van der Waals surface area contributed by atoms with Crippen LogP contribution in [0.15, 0.2) is 30.5 Å². The van der Waals surface area contributed by atoms with Crippen molar-refractivity contribution in [3.8, 4) is 0 Å². The molecule has 0 saturated heterocycles. The Hall–Kier alpha value is -1.32. The van der Waals surface area contributed by atoms with E-state index in [2.05, 4.69) is 27.8 Å². The Bertz CT molecular complexity index is 762. The van der Waals surface area contributed by atoms with Crippen LogP contribution in [0, 0.1) is 23.7 Å². The number of fused-ring (bicyclic) bond motifs is 1. The van der Waals surface area contributed by atoms with Crippen LogP contribution in [0.4, 0.5) is 5.69 Å². The first-order valence-corrected chi connectivity index (χ1v) is 10.7. The molecule has 4 saturated carbocycles. The third-order valence-corrected chi connectivity index (χ3v) is 7.22. The summed E-state index contributed by atoms with van der Waals surface area (Å²) in [5, 5.41) is 9.39. The number of rotatable bonds is 6. The van der Waals surface area contributed by atoms with Crippen LogP contribution < -0.4 is 10.6 Å². The smallest absolute Gasteiger partial charge is 0.0737 e. The molecule has 0 amide bonds. The van der Waals surface area contributed by atoms with Crippen molar-refractivity contribution in [2.75, 3.05) is 18.4 Å². The van der Waals surface area contributed by atoms with Crippen molar-refractivity contribution in [1.82, 2.24) is 10.3 Å². The molecule has 138 valence electrons. The topological polar surface area (TPSA) is 37.0 Å². The Morgan fingerprint density at radius 2 is 1.73 bits per heavy atom. The van der Waals surface area contributed by atoms with Crippen molar-refractivity contribution in [3.63, 3.8) is 0 Å². The number of aromatic nitrogens is 1. The minimum atomic E-state index is 0.738. The number of hydrogen-bond acceptors (Lipinski definition) is 3. The van der Waals surface area contributed by atoms with Gasteiger partial charge in [0.2, 0.25) is 0 Å². The molecule has 0 unspecified atom stereocenters. The van der Waals surface area contributed by atoms with Crippen LogP contribution >= 0.6 is 11.6 Å². The summed E-state index contributed by atoms with van der Waals surface area (Å²) in [6.45, 7) is 2.11. The molecule has 4 bridgehead atoms. The first-order chi connectivity index (χ1) is 12.8. The van der Waals surface area contributed by atoms with Gasteiger partial charge in [0.05, 0.1) is 5.52 Å². The molecule has 1 aromatic heterocycles. The van der Waals surface area contributed by atoms with Gasteiger partial charge in [-0.1, -0.05) is 11.6 Å². The van der Waals surface area contributed by atoms with Gasteiger partial charge in [-0.3, -0.25) is 4.98 Å². The van der Waals surface area contributed by atoms with E-state index in [4.69, 9.17) is 11.6 Å². The van der Waals surface area contributed by atoms with Gasteiger partial charge in [-0.15, -0.1) is 0 Å². The Kier molecular flexibility index (Phi) is 4.54. The van der Waals surface area contributed by atoms with Crippen molar-refractivity contribution >= 4 is 28.2 Å². The van der Waals surface area contributed by atoms with Gasteiger partial charge in [0.15, 0.2) is 0 Å². The molecule has 2 aromatic rings. The van der Waals surface area contributed by atoms with E-state index < -0.39 is 0 Å². The maximum absolute atomic E-state index is 6.07. The Labute approximate surface area is 160 Å². The van der Waals surface area contributed by atoms with E-state index in [0.29, 0.717) is 0 Å². The quantitative estimate of drug-likeness (QED) is 0.695. The second kappa shape index (κ2) is 7.01. The molecule has 3 nitrogen and oxygen atoms in total. The van der Waals surface area contributed by atoms with Crippen molar-refractivity contribution in [3.05, 3.63) is 35.5 Å². The molecule has 4 aliphatic rings. The maximum Gasteiger partial charge on any atom is 0.0737 e. The molecule has 4 fully saturated rings. The molecular weight excluding hydrogens is 342 g/mol. The van der Waals surface area contributed by atoms with Gasteiger partial charge < -0.3 is 10.6 Å². The van der Waals surface area contributed by atoms with Crippen LogP contribution in [-0.2, 0) is 0 Å². The zero-order valence-electron chi connectivity index (χ0n) is 15.3. The van der Waals surface area contributed by atoms with E-state index in [9.17, 15) is 0 Å². The van der Waals surface area contributed by atoms with Crippen molar-refractivity contribution in [1.29, 1.82) is 0 Å². The predicted octanol–water partition coefficient (Wildman–Crippen LogP) is 5.10. The minimum Gasteiger partial charge on any atom is -0.384 e. The summed E-state index contributed by atoms with van der Waals surface area (Å²) in [6, 6.07) is 8.77. The van der Waals surface area contributed by atoms with Gasteiger partial charge in [0, 0.05) is 34.9 Å². The third-order valence-electron chi connectivity index (χ3n) is 6.98. The van der Waals surface area contributed by atoms with Crippen LogP contribution in [-0.4, -0.2) is 24.1 Å². The molecule has 0 atom stereocenters. The van der Waals surface area contributed by atoms with Crippen LogP contribution in [0.3, 0.4) is 0 Å². The summed E-state index contributed by atoms with van der Waals surface area (Å²) < 4.78 is 0. The Morgan fingerprint density at radius 1 is 0.962 bits per heavy atom. The second-order valence-corrected chi connectivity index (χ2v) is 9.15. The number of benzene rings is 1. The lowest BCUT2D eigenvalue weighted by Gasteiger charge is -2.54. The molecular formula is C22H28ClN3. The highest BCUT2D eigenvalue weighted by Gasteiger charge is 2.47. The van der Waals surface area contributed by atoms with E-state index >= 15 is 0 Å². The van der Waals surface area contributed by atoms with Crippen molar-refractivity contribution in [2.24, 2.45) is 23.7 Å². The monoisotopic (exact) mass is 369 g/mol. The predicted molar refractivity (Wildman–Crippen MR) is 109 cm³/mol. The summed E-state index contributed by atoms with van der Waals surface area (Å²) in [4.78, 5) is 4.41. The summed E-state index contributed by atoms with van der Waals surface area (Å²) in [6.07, 6.45) is 10.5. The largest absolute Gasteiger partial charge is 0.384 e. The molecule has 2 N–H and O–H groups in total. The van der Waals surface area contributed by atoms with E-state index in [1.54, 1.807) is 0 Å².